The van der Waals surface area contributed by atoms with Gasteiger partial charge < -0.3 is 14.5 Å². The van der Waals surface area contributed by atoms with Crippen molar-refractivity contribution in [3.8, 4) is 0 Å². The number of hydrogen-bond donors (Lipinski definition) is 0. The average Bonchev–Trinajstić information content (AvgIpc) is 2.46. The molecule has 122 valence electrons. The number of aromatic nitrogens is 2. The molecule has 0 aliphatic carbocycles. The number of piperidine rings is 1. The van der Waals surface area contributed by atoms with E-state index in [4.69, 9.17) is 4.74 Å². The lowest BCUT2D eigenvalue weighted by Gasteiger charge is -2.35. The molecule has 22 heavy (non-hydrogen) atoms. The summed E-state index contributed by atoms with van der Waals surface area (Å²) >= 11 is 0. The van der Waals surface area contributed by atoms with Crippen LogP contribution in [0.2, 0.25) is 0 Å². The SMILES string of the molecule is CN(CC1CCCN(C(=O)OC(C)(C)C)C1)c1ncccn1. The van der Waals surface area contributed by atoms with Crippen LogP contribution in [0.3, 0.4) is 0 Å². The predicted molar refractivity (Wildman–Crippen MR) is 85.8 cm³/mol. The molecule has 2 rings (SSSR count). The van der Waals surface area contributed by atoms with Gasteiger partial charge in [-0.2, -0.15) is 0 Å². The van der Waals surface area contributed by atoms with E-state index in [1.54, 1.807) is 12.4 Å². The van der Waals surface area contributed by atoms with Crippen LogP contribution in [0.15, 0.2) is 18.5 Å². The van der Waals surface area contributed by atoms with Crippen LogP contribution in [-0.4, -0.2) is 53.2 Å². The van der Waals surface area contributed by atoms with E-state index in [2.05, 4.69) is 9.97 Å². The lowest BCUT2D eigenvalue weighted by atomic mass is 9.98. The summed E-state index contributed by atoms with van der Waals surface area (Å²) in [6.45, 7) is 8.03. The van der Waals surface area contributed by atoms with Gasteiger partial charge in [0.2, 0.25) is 5.95 Å². The molecule has 1 amide bonds. The van der Waals surface area contributed by atoms with Crippen molar-refractivity contribution in [2.75, 3.05) is 31.6 Å². The molecule has 0 saturated carbocycles. The fraction of sp³-hybridized carbons (Fsp3) is 0.688. The molecular weight excluding hydrogens is 280 g/mol. The third kappa shape index (κ3) is 4.86. The van der Waals surface area contributed by atoms with Gasteiger partial charge >= 0.3 is 6.09 Å². The summed E-state index contributed by atoms with van der Waals surface area (Å²) in [5, 5.41) is 0. The molecule has 2 heterocycles. The summed E-state index contributed by atoms with van der Waals surface area (Å²) < 4.78 is 5.46. The van der Waals surface area contributed by atoms with E-state index in [-0.39, 0.29) is 6.09 Å². The lowest BCUT2D eigenvalue weighted by Crippen LogP contribution is -2.45. The Hall–Kier alpha value is -1.85. The Labute approximate surface area is 132 Å². The maximum Gasteiger partial charge on any atom is 0.410 e. The molecule has 1 fully saturated rings. The minimum atomic E-state index is -0.446. The molecule has 1 atom stereocenters. The predicted octanol–water partition coefficient (Wildman–Crippen LogP) is 2.56. The highest BCUT2D eigenvalue weighted by molar-refractivity contribution is 5.68. The summed E-state index contributed by atoms with van der Waals surface area (Å²) in [6, 6.07) is 1.81. The van der Waals surface area contributed by atoms with E-state index in [1.807, 2.05) is 43.7 Å². The molecule has 6 heteroatoms. The third-order valence-electron chi connectivity index (χ3n) is 3.60. The smallest absolute Gasteiger partial charge is 0.410 e. The first-order valence-corrected chi connectivity index (χ1v) is 7.81. The number of amides is 1. The fourth-order valence-corrected chi connectivity index (χ4v) is 2.66. The van der Waals surface area contributed by atoms with E-state index in [0.29, 0.717) is 5.92 Å². The van der Waals surface area contributed by atoms with Crippen LogP contribution in [-0.2, 0) is 4.74 Å². The number of carbonyl (C=O) groups excluding carboxylic acids is 1. The molecule has 0 spiro atoms. The van der Waals surface area contributed by atoms with Gasteiger partial charge in [0.1, 0.15) is 5.60 Å². The molecule has 0 bridgehead atoms. The second-order valence-corrected chi connectivity index (χ2v) is 6.86. The first-order chi connectivity index (χ1) is 10.3. The van der Waals surface area contributed by atoms with Gasteiger partial charge in [-0.25, -0.2) is 14.8 Å². The number of likely N-dealkylation sites (tertiary alicyclic amines) is 1. The zero-order chi connectivity index (χ0) is 16.2. The topological polar surface area (TPSA) is 58.6 Å². The van der Waals surface area contributed by atoms with Crippen LogP contribution < -0.4 is 4.90 Å². The summed E-state index contributed by atoms with van der Waals surface area (Å²) in [5.74, 6) is 1.13. The van der Waals surface area contributed by atoms with Crippen molar-refractivity contribution >= 4 is 12.0 Å². The van der Waals surface area contributed by atoms with Crippen LogP contribution in [0.1, 0.15) is 33.6 Å². The minimum absolute atomic E-state index is 0.212. The molecule has 0 aromatic carbocycles. The second kappa shape index (κ2) is 6.94. The van der Waals surface area contributed by atoms with Gasteiger partial charge in [0, 0.05) is 39.1 Å². The van der Waals surface area contributed by atoms with Crippen molar-refractivity contribution in [2.24, 2.45) is 5.92 Å². The zero-order valence-electron chi connectivity index (χ0n) is 14.0. The number of hydrogen-bond acceptors (Lipinski definition) is 5. The molecule has 0 N–H and O–H groups in total. The molecule has 1 unspecified atom stereocenters. The normalized spacial score (nSPS) is 18.9. The summed E-state index contributed by atoms with van der Waals surface area (Å²) in [7, 11) is 1.99. The van der Waals surface area contributed by atoms with Crippen LogP contribution in [0, 0.1) is 5.92 Å². The Morgan fingerprint density at radius 3 is 2.73 bits per heavy atom. The molecule has 1 aliphatic heterocycles. The first kappa shape index (κ1) is 16.5. The van der Waals surface area contributed by atoms with Crippen LogP contribution in [0.25, 0.3) is 0 Å². The van der Waals surface area contributed by atoms with Gasteiger partial charge in [-0.05, 0) is 45.6 Å². The second-order valence-electron chi connectivity index (χ2n) is 6.86. The summed E-state index contributed by atoms with van der Waals surface area (Å²) in [5.41, 5.74) is -0.446. The third-order valence-corrected chi connectivity index (χ3v) is 3.60. The molecule has 1 saturated heterocycles. The van der Waals surface area contributed by atoms with Crippen molar-refractivity contribution in [3.63, 3.8) is 0 Å². The monoisotopic (exact) mass is 306 g/mol. The standard InChI is InChI=1S/C16H26N4O2/c1-16(2,3)22-15(21)20-10-5-7-13(12-20)11-19(4)14-17-8-6-9-18-14/h6,8-9,13H,5,7,10-12H2,1-4H3. The minimum Gasteiger partial charge on any atom is -0.444 e. The highest BCUT2D eigenvalue weighted by Gasteiger charge is 2.28. The summed E-state index contributed by atoms with van der Waals surface area (Å²) in [4.78, 5) is 24.6. The number of anilines is 1. The van der Waals surface area contributed by atoms with E-state index in [1.165, 1.54) is 0 Å². The molecule has 1 aromatic rings. The largest absolute Gasteiger partial charge is 0.444 e. The van der Waals surface area contributed by atoms with E-state index >= 15 is 0 Å². The quantitative estimate of drug-likeness (QED) is 0.859. The van der Waals surface area contributed by atoms with E-state index < -0.39 is 5.60 Å². The average molecular weight is 306 g/mol. The van der Waals surface area contributed by atoms with Gasteiger partial charge in [-0.1, -0.05) is 0 Å². The Bertz CT molecular complexity index is 487. The first-order valence-electron chi connectivity index (χ1n) is 7.81. The van der Waals surface area contributed by atoms with E-state index in [0.717, 1.165) is 38.4 Å². The molecule has 6 nitrogen and oxygen atoms in total. The van der Waals surface area contributed by atoms with Crippen molar-refractivity contribution < 1.29 is 9.53 Å². The summed E-state index contributed by atoms with van der Waals surface area (Å²) in [6.07, 6.45) is 5.39. The Morgan fingerprint density at radius 1 is 1.41 bits per heavy atom. The highest BCUT2D eigenvalue weighted by atomic mass is 16.6. The fourth-order valence-electron chi connectivity index (χ4n) is 2.66. The maximum atomic E-state index is 12.2. The number of nitrogens with zero attached hydrogens (tertiary/aromatic N) is 4. The van der Waals surface area contributed by atoms with Crippen molar-refractivity contribution in [3.05, 3.63) is 18.5 Å². The van der Waals surface area contributed by atoms with Crippen LogP contribution in [0.4, 0.5) is 10.7 Å². The van der Waals surface area contributed by atoms with Crippen molar-refractivity contribution in [2.45, 2.75) is 39.2 Å². The van der Waals surface area contributed by atoms with Crippen LogP contribution in [0.5, 0.6) is 0 Å². The zero-order valence-corrected chi connectivity index (χ0v) is 14.0. The lowest BCUT2D eigenvalue weighted by molar-refractivity contribution is 0.0170. The Balaban J connectivity index is 1.89. The molecule has 0 radical (unpaired) electrons. The van der Waals surface area contributed by atoms with Gasteiger partial charge in [0.15, 0.2) is 0 Å². The van der Waals surface area contributed by atoms with Gasteiger partial charge in [-0.15, -0.1) is 0 Å². The van der Waals surface area contributed by atoms with Gasteiger partial charge in [0.05, 0.1) is 0 Å². The number of rotatable bonds is 3. The number of ether oxygens (including phenoxy) is 1. The molecular formula is C16H26N4O2. The van der Waals surface area contributed by atoms with E-state index in [9.17, 15) is 4.79 Å². The van der Waals surface area contributed by atoms with Crippen molar-refractivity contribution in [1.29, 1.82) is 0 Å². The number of carbonyl (C=O) groups is 1. The molecule has 1 aromatic heterocycles. The highest BCUT2D eigenvalue weighted by Crippen LogP contribution is 2.20. The van der Waals surface area contributed by atoms with Gasteiger partial charge in [0.25, 0.3) is 0 Å². The molecule has 1 aliphatic rings. The maximum absolute atomic E-state index is 12.2. The Kier molecular flexibility index (Phi) is 5.21. The van der Waals surface area contributed by atoms with Gasteiger partial charge in [-0.3, -0.25) is 0 Å². The Morgan fingerprint density at radius 2 is 2.09 bits per heavy atom. The van der Waals surface area contributed by atoms with Crippen molar-refractivity contribution in [1.82, 2.24) is 14.9 Å². The van der Waals surface area contributed by atoms with Crippen LogP contribution >= 0.6 is 0 Å².